The van der Waals surface area contributed by atoms with Crippen LogP contribution in [0, 0.1) is 0 Å². The van der Waals surface area contributed by atoms with E-state index in [4.69, 9.17) is 8.83 Å². The lowest BCUT2D eigenvalue weighted by Gasteiger charge is -2.10. The minimum Gasteiger partial charge on any atom is -0.456 e. The van der Waals surface area contributed by atoms with Crippen LogP contribution in [0.25, 0.3) is 66.1 Å². The van der Waals surface area contributed by atoms with Gasteiger partial charge in [0.15, 0.2) is 0 Å². The van der Waals surface area contributed by atoms with Gasteiger partial charge in [0.2, 0.25) is 0 Å². The van der Waals surface area contributed by atoms with Crippen LogP contribution in [0.4, 0.5) is 11.4 Å². The second-order valence-corrected chi connectivity index (χ2v) is 9.84. The lowest BCUT2D eigenvalue weighted by molar-refractivity contribution is 0.669. The molecule has 8 aromatic rings. The van der Waals surface area contributed by atoms with Crippen molar-refractivity contribution < 1.29 is 8.83 Å². The smallest absolute Gasteiger partial charge is 0.143 e. The molecule has 0 amide bonds. The maximum atomic E-state index is 6.26. The second-order valence-electron chi connectivity index (χ2n) is 9.84. The lowest BCUT2D eigenvalue weighted by atomic mass is 10.0. The molecule has 3 heteroatoms. The summed E-state index contributed by atoms with van der Waals surface area (Å²) in [6.07, 6.45) is 0. The predicted octanol–water partition coefficient (Wildman–Crippen LogP) is 10.6. The SMILES string of the molecule is c1ccc(-c2ccc3oc4cccc(Nc5ccc(-c6cccc7c6oc6ccccc67)cc5)c4c3c2)cc1. The highest BCUT2D eigenvalue weighted by Crippen LogP contribution is 2.39. The second kappa shape index (κ2) is 8.64. The standard InChI is InChI=1S/C36H23NO2/c1-2-8-23(9-3-1)25-18-21-33-30(22-25)35-31(13-7-15-34(35)38-33)37-26-19-16-24(17-20-26)27-11-6-12-29-28-10-4-5-14-32(28)39-36(27)29/h1-22,37H. The molecule has 2 heterocycles. The van der Waals surface area contributed by atoms with Crippen LogP contribution in [0.5, 0.6) is 0 Å². The van der Waals surface area contributed by atoms with Gasteiger partial charge in [-0.2, -0.15) is 0 Å². The Kier molecular flexibility index (Phi) is 4.82. The summed E-state index contributed by atoms with van der Waals surface area (Å²) in [4.78, 5) is 0. The molecule has 8 rings (SSSR count). The summed E-state index contributed by atoms with van der Waals surface area (Å²) in [5.74, 6) is 0. The van der Waals surface area contributed by atoms with Gasteiger partial charge in [-0.3, -0.25) is 0 Å². The van der Waals surface area contributed by atoms with Crippen LogP contribution >= 0.6 is 0 Å². The van der Waals surface area contributed by atoms with Gasteiger partial charge in [-0.15, -0.1) is 0 Å². The van der Waals surface area contributed by atoms with Gasteiger partial charge in [-0.05, 0) is 59.2 Å². The molecular weight excluding hydrogens is 478 g/mol. The first-order valence-corrected chi connectivity index (χ1v) is 13.1. The number of para-hydroxylation sites is 2. The van der Waals surface area contributed by atoms with Gasteiger partial charge in [0, 0.05) is 27.4 Å². The Labute approximate surface area is 224 Å². The molecule has 0 aliphatic heterocycles. The molecule has 1 N–H and O–H groups in total. The van der Waals surface area contributed by atoms with Crippen molar-refractivity contribution in [3.8, 4) is 22.3 Å². The van der Waals surface area contributed by atoms with E-state index < -0.39 is 0 Å². The first-order valence-electron chi connectivity index (χ1n) is 13.1. The third kappa shape index (κ3) is 3.59. The van der Waals surface area contributed by atoms with E-state index in [9.17, 15) is 0 Å². The summed E-state index contributed by atoms with van der Waals surface area (Å²) in [5, 5.41) is 8.10. The van der Waals surface area contributed by atoms with Gasteiger partial charge in [-0.1, -0.05) is 91.0 Å². The highest BCUT2D eigenvalue weighted by Gasteiger charge is 2.14. The molecule has 0 fully saturated rings. The van der Waals surface area contributed by atoms with Crippen molar-refractivity contribution in [3.63, 3.8) is 0 Å². The van der Waals surface area contributed by atoms with Gasteiger partial charge < -0.3 is 14.2 Å². The highest BCUT2D eigenvalue weighted by molar-refractivity contribution is 6.13. The van der Waals surface area contributed by atoms with Crippen LogP contribution in [-0.2, 0) is 0 Å². The molecule has 3 nitrogen and oxygen atoms in total. The van der Waals surface area contributed by atoms with Crippen LogP contribution < -0.4 is 5.32 Å². The van der Waals surface area contributed by atoms with E-state index in [0.29, 0.717) is 0 Å². The molecule has 2 aromatic heterocycles. The molecule has 0 radical (unpaired) electrons. The monoisotopic (exact) mass is 501 g/mol. The van der Waals surface area contributed by atoms with E-state index >= 15 is 0 Å². The summed E-state index contributed by atoms with van der Waals surface area (Å²) in [7, 11) is 0. The zero-order chi connectivity index (χ0) is 25.8. The molecule has 0 aliphatic carbocycles. The molecule has 0 atom stereocenters. The van der Waals surface area contributed by atoms with Crippen molar-refractivity contribution in [1.82, 2.24) is 0 Å². The quantitative estimate of drug-likeness (QED) is 0.261. The Balaban J connectivity index is 1.18. The first-order chi connectivity index (χ1) is 19.3. The van der Waals surface area contributed by atoms with Crippen molar-refractivity contribution in [3.05, 3.63) is 133 Å². The maximum absolute atomic E-state index is 6.26. The van der Waals surface area contributed by atoms with Gasteiger partial charge in [0.05, 0.1) is 11.1 Å². The fourth-order valence-corrected chi connectivity index (χ4v) is 5.60. The van der Waals surface area contributed by atoms with Crippen LogP contribution in [-0.4, -0.2) is 0 Å². The largest absolute Gasteiger partial charge is 0.456 e. The van der Waals surface area contributed by atoms with Gasteiger partial charge >= 0.3 is 0 Å². The Morgan fingerprint density at radius 2 is 1.15 bits per heavy atom. The van der Waals surface area contributed by atoms with Crippen molar-refractivity contribution in [2.45, 2.75) is 0 Å². The first kappa shape index (κ1) is 21.8. The molecular formula is C36H23NO2. The van der Waals surface area contributed by atoms with Crippen LogP contribution in [0.2, 0.25) is 0 Å². The van der Waals surface area contributed by atoms with E-state index in [1.807, 2.05) is 30.3 Å². The summed E-state index contributed by atoms with van der Waals surface area (Å²) in [6, 6.07) is 46.1. The molecule has 0 saturated carbocycles. The van der Waals surface area contributed by atoms with Gasteiger partial charge in [0.25, 0.3) is 0 Å². The Morgan fingerprint density at radius 3 is 2.05 bits per heavy atom. The topological polar surface area (TPSA) is 38.3 Å². The molecule has 0 aliphatic rings. The molecule has 6 aromatic carbocycles. The summed E-state index contributed by atoms with van der Waals surface area (Å²) < 4.78 is 12.5. The number of anilines is 2. The van der Waals surface area contributed by atoms with Gasteiger partial charge in [-0.25, -0.2) is 0 Å². The number of benzene rings is 6. The minimum absolute atomic E-state index is 0.869. The van der Waals surface area contributed by atoms with E-state index in [0.717, 1.165) is 66.4 Å². The summed E-state index contributed by atoms with van der Waals surface area (Å²) in [6.45, 7) is 0. The van der Waals surface area contributed by atoms with Crippen LogP contribution in [0.15, 0.2) is 142 Å². The maximum Gasteiger partial charge on any atom is 0.143 e. The average Bonchev–Trinajstić information content (AvgIpc) is 3.57. The number of nitrogens with one attached hydrogen (secondary N) is 1. The fourth-order valence-electron chi connectivity index (χ4n) is 5.60. The summed E-state index contributed by atoms with van der Waals surface area (Å²) >= 11 is 0. The van der Waals surface area contributed by atoms with Crippen molar-refractivity contribution in [2.24, 2.45) is 0 Å². The van der Waals surface area contributed by atoms with E-state index in [1.54, 1.807) is 0 Å². The van der Waals surface area contributed by atoms with E-state index in [-0.39, 0.29) is 0 Å². The van der Waals surface area contributed by atoms with Crippen molar-refractivity contribution in [2.75, 3.05) is 5.32 Å². The fraction of sp³-hybridized carbons (Fsp3) is 0. The molecule has 0 spiro atoms. The van der Waals surface area contributed by atoms with Crippen molar-refractivity contribution in [1.29, 1.82) is 0 Å². The van der Waals surface area contributed by atoms with E-state index in [1.165, 1.54) is 11.1 Å². The highest BCUT2D eigenvalue weighted by atomic mass is 16.3. The molecule has 39 heavy (non-hydrogen) atoms. The number of hydrogen-bond donors (Lipinski definition) is 1. The van der Waals surface area contributed by atoms with Crippen LogP contribution in [0.3, 0.4) is 0 Å². The van der Waals surface area contributed by atoms with E-state index in [2.05, 4.69) is 108 Å². The zero-order valence-electron chi connectivity index (χ0n) is 21.0. The third-order valence-corrected chi connectivity index (χ3v) is 7.48. The lowest BCUT2D eigenvalue weighted by Crippen LogP contribution is -1.91. The predicted molar refractivity (Wildman–Crippen MR) is 162 cm³/mol. The Hall–Kier alpha value is -5.28. The zero-order valence-corrected chi connectivity index (χ0v) is 21.0. The molecule has 0 unspecified atom stereocenters. The molecule has 184 valence electrons. The molecule has 0 saturated heterocycles. The Bertz CT molecular complexity index is 2130. The van der Waals surface area contributed by atoms with Crippen LogP contribution in [0.1, 0.15) is 0 Å². The van der Waals surface area contributed by atoms with Crippen molar-refractivity contribution >= 4 is 55.3 Å². The third-order valence-electron chi connectivity index (χ3n) is 7.48. The number of rotatable bonds is 4. The number of fused-ring (bicyclic) bond motifs is 6. The summed E-state index contributed by atoms with van der Waals surface area (Å²) in [5.41, 5.74) is 10.2. The minimum atomic E-state index is 0.869. The average molecular weight is 502 g/mol. The molecule has 0 bridgehead atoms. The number of hydrogen-bond acceptors (Lipinski definition) is 3. The van der Waals surface area contributed by atoms with Gasteiger partial charge in [0.1, 0.15) is 22.3 Å². The normalized spacial score (nSPS) is 11.6. The Morgan fingerprint density at radius 1 is 0.436 bits per heavy atom. The number of furan rings is 2.